The maximum Gasteiger partial charge on any atom is 0.274 e. The summed E-state index contributed by atoms with van der Waals surface area (Å²) >= 11 is 0. The van der Waals surface area contributed by atoms with Gasteiger partial charge in [-0.15, -0.1) is 0 Å². The van der Waals surface area contributed by atoms with Crippen molar-refractivity contribution in [1.82, 2.24) is 4.31 Å². The zero-order valence-corrected chi connectivity index (χ0v) is 12.4. The number of nitro groups is 1. The molecular weight excluding hydrogens is 305 g/mol. The molecule has 118 valence electrons. The number of nitrogens with two attached hydrogens (primary N) is 1. The van der Waals surface area contributed by atoms with Crippen molar-refractivity contribution in [2.24, 2.45) is 0 Å². The molecule has 0 amide bonds. The minimum Gasteiger partial charge on any atom is -0.397 e. The van der Waals surface area contributed by atoms with E-state index in [1.54, 1.807) is 6.92 Å². The summed E-state index contributed by atoms with van der Waals surface area (Å²) in [5.41, 5.74) is 4.34. The number of rotatable bonds is 7. The molecule has 0 spiro atoms. The van der Waals surface area contributed by atoms with Crippen molar-refractivity contribution < 1.29 is 22.5 Å². The Labute approximate surface area is 121 Å². The van der Waals surface area contributed by atoms with Gasteiger partial charge in [-0.3, -0.25) is 10.1 Å². The van der Waals surface area contributed by atoms with Crippen molar-refractivity contribution in [2.45, 2.75) is 11.8 Å². The molecule has 1 aromatic carbocycles. The molecule has 0 aliphatic rings. The number of sulfonamides is 1. The zero-order valence-electron chi connectivity index (χ0n) is 11.6. The molecule has 10 heteroatoms. The van der Waals surface area contributed by atoms with E-state index in [-0.39, 0.29) is 13.2 Å². The molecule has 0 radical (unpaired) electrons. The normalized spacial score (nSPS) is 11.8. The lowest BCUT2D eigenvalue weighted by atomic mass is 10.3. The van der Waals surface area contributed by atoms with Gasteiger partial charge < -0.3 is 10.5 Å². The monoisotopic (exact) mass is 321 g/mol. The Balaban J connectivity index is 3.17. The molecular formula is C11H16FN3O5S. The Hall–Kier alpha value is -1.78. The highest BCUT2D eigenvalue weighted by atomic mass is 32.2. The number of nitrogens with zero attached hydrogens (tertiary/aromatic N) is 2. The smallest absolute Gasteiger partial charge is 0.274 e. The van der Waals surface area contributed by atoms with Gasteiger partial charge in [-0.1, -0.05) is 0 Å². The van der Waals surface area contributed by atoms with Crippen LogP contribution in [-0.4, -0.2) is 44.5 Å². The van der Waals surface area contributed by atoms with Crippen molar-refractivity contribution in [1.29, 1.82) is 0 Å². The van der Waals surface area contributed by atoms with Gasteiger partial charge in [0.15, 0.2) is 5.82 Å². The van der Waals surface area contributed by atoms with Crippen molar-refractivity contribution in [2.75, 3.05) is 32.5 Å². The summed E-state index contributed by atoms with van der Waals surface area (Å²) in [5, 5.41) is 10.6. The Morgan fingerprint density at radius 1 is 1.48 bits per heavy atom. The number of non-ortho nitro benzene ring substituents is 1. The molecule has 0 fully saturated rings. The highest BCUT2D eigenvalue weighted by Gasteiger charge is 2.29. The van der Waals surface area contributed by atoms with Gasteiger partial charge in [-0.05, 0) is 6.92 Å². The van der Waals surface area contributed by atoms with Crippen LogP contribution in [0.15, 0.2) is 17.0 Å². The van der Waals surface area contributed by atoms with Crippen LogP contribution in [-0.2, 0) is 14.8 Å². The topological polar surface area (TPSA) is 116 Å². The third kappa shape index (κ3) is 3.86. The summed E-state index contributed by atoms with van der Waals surface area (Å²) < 4.78 is 44.3. The zero-order chi connectivity index (χ0) is 16.2. The maximum atomic E-state index is 13.9. The second kappa shape index (κ2) is 6.78. The van der Waals surface area contributed by atoms with Crippen LogP contribution >= 0.6 is 0 Å². The van der Waals surface area contributed by atoms with E-state index in [1.807, 2.05) is 0 Å². The van der Waals surface area contributed by atoms with E-state index >= 15 is 0 Å². The third-order valence-corrected chi connectivity index (χ3v) is 4.64. The molecule has 0 atom stereocenters. The fourth-order valence-electron chi connectivity index (χ4n) is 1.59. The van der Waals surface area contributed by atoms with E-state index < -0.39 is 37.0 Å². The molecule has 0 unspecified atom stereocenters. The van der Waals surface area contributed by atoms with Gasteiger partial charge >= 0.3 is 0 Å². The van der Waals surface area contributed by atoms with E-state index in [9.17, 15) is 22.9 Å². The SMILES string of the molecule is CCOCCN(C)S(=O)(=O)c1c(N)cc([N+](=O)[O-])cc1F. The minimum absolute atomic E-state index is 0.00599. The molecule has 8 nitrogen and oxygen atoms in total. The van der Waals surface area contributed by atoms with Gasteiger partial charge in [0.05, 0.1) is 23.3 Å². The van der Waals surface area contributed by atoms with Crippen LogP contribution in [0.25, 0.3) is 0 Å². The Morgan fingerprint density at radius 3 is 2.57 bits per heavy atom. The van der Waals surface area contributed by atoms with E-state index in [4.69, 9.17) is 10.5 Å². The summed E-state index contributed by atoms with van der Waals surface area (Å²) in [5.74, 6) is -1.26. The molecule has 1 rings (SSSR count). The third-order valence-electron chi connectivity index (χ3n) is 2.69. The number of halogens is 1. The molecule has 0 bridgehead atoms. The van der Waals surface area contributed by atoms with E-state index in [0.717, 1.165) is 10.4 Å². The lowest BCUT2D eigenvalue weighted by Gasteiger charge is -2.18. The molecule has 2 N–H and O–H groups in total. The molecule has 0 aliphatic heterocycles. The first kappa shape index (κ1) is 17.3. The fourth-order valence-corrected chi connectivity index (χ4v) is 2.88. The first-order valence-electron chi connectivity index (χ1n) is 5.99. The van der Waals surface area contributed by atoms with Gasteiger partial charge in [0.25, 0.3) is 5.69 Å². The largest absolute Gasteiger partial charge is 0.397 e. The fraction of sp³-hybridized carbons (Fsp3) is 0.455. The lowest BCUT2D eigenvalue weighted by molar-refractivity contribution is -0.385. The lowest BCUT2D eigenvalue weighted by Crippen LogP contribution is -2.31. The Bertz CT molecular complexity index is 612. The first-order chi connectivity index (χ1) is 9.71. The molecule has 0 saturated heterocycles. The average molecular weight is 321 g/mol. The van der Waals surface area contributed by atoms with Gasteiger partial charge in [0, 0.05) is 26.3 Å². The van der Waals surface area contributed by atoms with Gasteiger partial charge in [0.2, 0.25) is 10.0 Å². The molecule has 0 saturated carbocycles. The second-order valence-electron chi connectivity index (χ2n) is 4.13. The van der Waals surface area contributed by atoms with Crippen LogP contribution in [0.2, 0.25) is 0 Å². The molecule has 0 aromatic heterocycles. The van der Waals surface area contributed by atoms with Crippen LogP contribution in [0.1, 0.15) is 6.92 Å². The number of anilines is 1. The molecule has 0 aliphatic carbocycles. The number of benzene rings is 1. The number of hydrogen-bond donors (Lipinski definition) is 1. The van der Waals surface area contributed by atoms with Crippen molar-refractivity contribution in [3.05, 3.63) is 28.1 Å². The molecule has 21 heavy (non-hydrogen) atoms. The summed E-state index contributed by atoms with van der Waals surface area (Å²) in [6, 6.07) is 1.34. The highest BCUT2D eigenvalue weighted by Crippen LogP contribution is 2.29. The van der Waals surface area contributed by atoms with Crippen LogP contribution in [0.4, 0.5) is 15.8 Å². The molecule has 1 aromatic rings. The summed E-state index contributed by atoms with van der Waals surface area (Å²) in [6.45, 7) is 2.32. The Kier molecular flexibility index (Phi) is 5.58. The first-order valence-corrected chi connectivity index (χ1v) is 7.43. The van der Waals surface area contributed by atoms with Gasteiger partial charge in [-0.25, -0.2) is 12.8 Å². The molecule has 0 heterocycles. The van der Waals surface area contributed by atoms with Crippen LogP contribution in [0, 0.1) is 15.9 Å². The van der Waals surface area contributed by atoms with Crippen molar-refractivity contribution in [3.8, 4) is 0 Å². The number of ether oxygens (including phenoxy) is 1. The predicted octanol–water partition coefficient (Wildman–Crippen LogP) is 0.973. The van der Waals surface area contributed by atoms with Crippen LogP contribution < -0.4 is 5.73 Å². The number of hydrogen-bond acceptors (Lipinski definition) is 6. The second-order valence-corrected chi connectivity index (χ2v) is 6.11. The van der Waals surface area contributed by atoms with E-state index in [0.29, 0.717) is 12.7 Å². The predicted molar refractivity (Wildman–Crippen MR) is 73.8 cm³/mol. The number of nitrogen functional groups attached to an aromatic ring is 1. The maximum absolute atomic E-state index is 13.9. The van der Waals surface area contributed by atoms with E-state index in [2.05, 4.69) is 0 Å². The summed E-state index contributed by atoms with van der Waals surface area (Å²) in [6.07, 6.45) is 0. The Morgan fingerprint density at radius 2 is 2.10 bits per heavy atom. The van der Waals surface area contributed by atoms with E-state index in [1.165, 1.54) is 7.05 Å². The van der Waals surface area contributed by atoms with Crippen molar-refractivity contribution in [3.63, 3.8) is 0 Å². The van der Waals surface area contributed by atoms with Crippen LogP contribution in [0.5, 0.6) is 0 Å². The summed E-state index contributed by atoms with van der Waals surface area (Å²) in [7, 11) is -2.95. The highest BCUT2D eigenvalue weighted by molar-refractivity contribution is 7.89. The summed E-state index contributed by atoms with van der Waals surface area (Å²) in [4.78, 5) is 8.96. The number of nitro benzene ring substituents is 1. The van der Waals surface area contributed by atoms with Crippen molar-refractivity contribution >= 4 is 21.4 Å². The average Bonchev–Trinajstić information content (AvgIpc) is 2.37. The van der Waals surface area contributed by atoms with Gasteiger partial charge in [-0.2, -0.15) is 4.31 Å². The quantitative estimate of drug-likeness (QED) is 0.346. The number of likely N-dealkylation sites (N-methyl/N-ethyl adjacent to an activating group) is 1. The van der Waals surface area contributed by atoms with Gasteiger partial charge in [0.1, 0.15) is 4.90 Å². The standard InChI is InChI=1S/C11H16FN3O5S/c1-3-20-5-4-14(2)21(18,19)11-9(12)6-8(15(16)17)7-10(11)13/h6-7H,3-5,13H2,1-2H3. The van der Waals surface area contributed by atoms with Crippen LogP contribution in [0.3, 0.4) is 0 Å². The minimum atomic E-state index is -4.19.